The molecule has 246 valence electrons. The smallest absolute Gasteiger partial charge is 0.338 e. The van der Waals surface area contributed by atoms with Gasteiger partial charge in [-0.25, -0.2) is 18.9 Å². The van der Waals surface area contributed by atoms with E-state index in [2.05, 4.69) is 20.6 Å². The van der Waals surface area contributed by atoms with Crippen molar-refractivity contribution in [3.8, 4) is 22.9 Å². The number of carbonyl (C=O) groups is 3. The maximum atomic E-state index is 14.7. The van der Waals surface area contributed by atoms with Crippen LogP contribution in [0, 0.1) is 17.1 Å². The van der Waals surface area contributed by atoms with Gasteiger partial charge in [-0.1, -0.05) is 41.1 Å². The third-order valence-electron chi connectivity index (χ3n) is 7.80. The van der Waals surface area contributed by atoms with Crippen LogP contribution >= 0.6 is 11.6 Å². The van der Waals surface area contributed by atoms with Crippen molar-refractivity contribution in [1.29, 1.82) is 5.26 Å². The van der Waals surface area contributed by atoms with E-state index < -0.39 is 35.2 Å². The molecule has 49 heavy (non-hydrogen) atoms. The number of halogens is 2. The molecule has 0 spiro atoms. The monoisotopic (exact) mass is 677 g/mol. The summed E-state index contributed by atoms with van der Waals surface area (Å²) in [5.41, 5.74) is 3.19. The van der Waals surface area contributed by atoms with Crippen LogP contribution in [0.5, 0.6) is 0 Å². The number of ether oxygens (including phenoxy) is 1. The fraction of sp³-hybridized carbons (Fsp3) is 0.194. The van der Waals surface area contributed by atoms with E-state index in [1.165, 1.54) is 23.2 Å². The van der Waals surface area contributed by atoms with Crippen LogP contribution in [0.1, 0.15) is 64.5 Å². The summed E-state index contributed by atoms with van der Waals surface area (Å²) in [6.07, 6.45) is 3.28. The molecule has 6 rings (SSSR count). The highest BCUT2D eigenvalue weighted by molar-refractivity contribution is 6.30. The van der Waals surface area contributed by atoms with E-state index in [4.69, 9.17) is 16.3 Å². The Hall–Kier alpha value is -5.93. The first kappa shape index (κ1) is 33.0. The number of benzene rings is 3. The number of nitrogens with one attached hydrogen (secondary N) is 1. The summed E-state index contributed by atoms with van der Waals surface area (Å²) in [5, 5.41) is 19.9. The molecular weight excluding hydrogens is 649 g/mol. The molecule has 13 heteroatoms. The molecule has 0 aliphatic carbocycles. The molecule has 1 aliphatic rings. The summed E-state index contributed by atoms with van der Waals surface area (Å²) >= 11 is 5.95. The van der Waals surface area contributed by atoms with Crippen LogP contribution in [-0.4, -0.2) is 54.8 Å². The Bertz CT molecular complexity index is 2120. The zero-order chi connectivity index (χ0) is 34.9. The predicted molar refractivity (Wildman–Crippen MR) is 178 cm³/mol. The molecule has 5 aromatic rings. The van der Waals surface area contributed by atoms with Gasteiger partial charge in [0.25, 0.3) is 11.8 Å². The summed E-state index contributed by atoms with van der Waals surface area (Å²) in [7, 11) is 0. The van der Waals surface area contributed by atoms with Gasteiger partial charge in [0.15, 0.2) is 11.5 Å². The highest BCUT2D eigenvalue weighted by Gasteiger charge is 2.38. The maximum absolute atomic E-state index is 14.7. The summed E-state index contributed by atoms with van der Waals surface area (Å²) in [6, 6.07) is 20.4. The average Bonchev–Trinajstić information content (AvgIpc) is 3.58. The van der Waals surface area contributed by atoms with E-state index in [1.54, 1.807) is 81.6 Å². The summed E-state index contributed by atoms with van der Waals surface area (Å²) in [5.74, 6) is -2.33. The van der Waals surface area contributed by atoms with Crippen molar-refractivity contribution in [2.75, 3.05) is 11.9 Å². The van der Waals surface area contributed by atoms with Crippen LogP contribution in [0.3, 0.4) is 0 Å². The Morgan fingerprint density at radius 3 is 2.49 bits per heavy atom. The van der Waals surface area contributed by atoms with E-state index in [9.17, 15) is 24.0 Å². The molecule has 2 aromatic heterocycles. The van der Waals surface area contributed by atoms with Crippen LogP contribution in [-0.2, 0) is 16.0 Å². The highest BCUT2D eigenvalue weighted by atomic mass is 35.5. The average molecular weight is 678 g/mol. The van der Waals surface area contributed by atoms with Crippen LogP contribution < -0.4 is 5.32 Å². The Morgan fingerprint density at radius 2 is 1.80 bits per heavy atom. The fourth-order valence-corrected chi connectivity index (χ4v) is 5.76. The number of nitrogens with zero attached hydrogens (tertiary/aromatic N) is 6. The van der Waals surface area contributed by atoms with Gasteiger partial charge in [-0.2, -0.15) is 5.26 Å². The number of hydrogen-bond acceptors (Lipinski definition) is 8. The quantitative estimate of drug-likeness (QED) is 0.206. The number of anilines is 1. The van der Waals surface area contributed by atoms with Gasteiger partial charge in [0.2, 0.25) is 0 Å². The number of nitriles is 1. The number of pyridine rings is 1. The molecule has 0 saturated heterocycles. The number of fused-ring (bicyclic) bond motifs is 1. The fourth-order valence-electron chi connectivity index (χ4n) is 5.59. The van der Waals surface area contributed by atoms with Crippen molar-refractivity contribution in [3.63, 3.8) is 0 Å². The molecule has 0 bridgehead atoms. The predicted octanol–water partition coefficient (Wildman–Crippen LogP) is 6.33. The lowest BCUT2D eigenvalue weighted by atomic mass is 9.86. The van der Waals surface area contributed by atoms with Gasteiger partial charge in [0, 0.05) is 24.0 Å². The van der Waals surface area contributed by atoms with Crippen LogP contribution in [0.4, 0.5) is 10.1 Å². The van der Waals surface area contributed by atoms with E-state index in [1.807, 2.05) is 12.1 Å². The topological polar surface area (TPSA) is 143 Å². The first-order valence-corrected chi connectivity index (χ1v) is 15.6. The molecular formula is C36H29ClFN7O4. The molecule has 1 N–H and O–H groups in total. The third-order valence-corrected chi connectivity index (χ3v) is 8.09. The van der Waals surface area contributed by atoms with Crippen LogP contribution in [0.25, 0.3) is 16.8 Å². The van der Waals surface area contributed by atoms with Gasteiger partial charge in [-0.15, -0.1) is 5.10 Å². The Morgan fingerprint density at radius 1 is 1.04 bits per heavy atom. The van der Waals surface area contributed by atoms with E-state index in [-0.39, 0.29) is 28.6 Å². The normalized spacial score (nSPS) is 14.0. The van der Waals surface area contributed by atoms with E-state index in [0.29, 0.717) is 23.2 Å². The SMILES string of the molecule is CC(C)(C)OC(=O)c1ccc(NC(=O)C2c3cccc(-c4ccc(C#N)nc4)c3CCN2C(=O)c2cn(-c3cccc(Cl)c3F)nn2)cc1. The standard InChI is InChI=1S/C36H29ClFN7O4/c1-36(2,3)49-35(48)21-10-13-23(14-11-21)41-33(46)32-27-7-4-6-25(22-12-15-24(18-39)40-19-22)26(27)16-17-44(32)34(47)29-20-45(43-42-29)30-9-5-8-28(37)31(30)38/h4-15,19-20,32H,16-17H2,1-3H3,(H,41,46). The van der Waals surface area contributed by atoms with E-state index in [0.717, 1.165) is 21.4 Å². The highest BCUT2D eigenvalue weighted by Crippen LogP contribution is 2.37. The molecule has 1 atom stereocenters. The molecule has 11 nitrogen and oxygen atoms in total. The summed E-state index contributed by atoms with van der Waals surface area (Å²) < 4.78 is 21.3. The Kier molecular flexibility index (Phi) is 8.95. The van der Waals surface area contributed by atoms with Gasteiger partial charge >= 0.3 is 5.97 Å². The number of esters is 1. The number of rotatable bonds is 6. The van der Waals surface area contributed by atoms with Crippen LogP contribution in [0.2, 0.25) is 5.02 Å². The van der Waals surface area contributed by atoms with Crippen molar-refractivity contribution in [2.24, 2.45) is 0 Å². The minimum atomic E-state index is -1.11. The number of hydrogen-bond donors (Lipinski definition) is 1. The first-order valence-electron chi connectivity index (χ1n) is 15.2. The lowest BCUT2D eigenvalue weighted by Gasteiger charge is -2.37. The van der Waals surface area contributed by atoms with Crippen molar-refractivity contribution in [1.82, 2.24) is 24.9 Å². The summed E-state index contributed by atoms with van der Waals surface area (Å²) in [6.45, 7) is 5.45. The molecule has 1 unspecified atom stereocenters. The number of carbonyl (C=O) groups excluding carboxylic acids is 3. The van der Waals surface area contributed by atoms with Crippen molar-refractivity contribution in [2.45, 2.75) is 38.8 Å². The second-order valence-corrected chi connectivity index (χ2v) is 12.7. The lowest BCUT2D eigenvalue weighted by molar-refractivity contribution is -0.121. The lowest BCUT2D eigenvalue weighted by Crippen LogP contribution is -2.45. The largest absolute Gasteiger partial charge is 0.456 e. The summed E-state index contributed by atoms with van der Waals surface area (Å²) in [4.78, 5) is 46.4. The second kappa shape index (κ2) is 13.3. The van der Waals surface area contributed by atoms with E-state index >= 15 is 0 Å². The van der Waals surface area contributed by atoms with Crippen LogP contribution in [0.15, 0.2) is 85.2 Å². The molecule has 3 aromatic carbocycles. The molecule has 0 radical (unpaired) electrons. The molecule has 0 saturated carbocycles. The molecule has 2 amide bonds. The maximum Gasteiger partial charge on any atom is 0.338 e. The Labute approximate surface area is 285 Å². The zero-order valence-electron chi connectivity index (χ0n) is 26.6. The van der Waals surface area contributed by atoms with Crippen molar-refractivity contribution >= 4 is 35.1 Å². The minimum absolute atomic E-state index is 0.00725. The molecule has 3 heterocycles. The molecule has 0 fully saturated rings. The Balaban J connectivity index is 1.35. The van der Waals surface area contributed by atoms with Crippen molar-refractivity contribution < 1.29 is 23.5 Å². The van der Waals surface area contributed by atoms with Crippen molar-refractivity contribution in [3.05, 3.63) is 124 Å². The zero-order valence-corrected chi connectivity index (χ0v) is 27.4. The second-order valence-electron chi connectivity index (χ2n) is 12.3. The van der Waals surface area contributed by atoms with Gasteiger partial charge in [0.05, 0.1) is 16.8 Å². The van der Waals surface area contributed by atoms with Gasteiger partial charge < -0.3 is 15.0 Å². The number of aromatic nitrogens is 4. The number of amides is 2. The van der Waals surface area contributed by atoms with Gasteiger partial charge in [0.1, 0.15) is 29.1 Å². The third kappa shape index (κ3) is 6.88. The minimum Gasteiger partial charge on any atom is -0.456 e. The van der Waals surface area contributed by atoms with Gasteiger partial charge in [-0.3, -0.25) is 9.59 Å². The first-order chi connectivity index (χ1) is 23.4. The molecule has 1 aliphatic heterocycles. The van der Waals surface area contributed by atoms with Gasteiger partial charge in [-0.05, 0) is 92.4 Å².